The topological polar surface area (TPSA) is 47.0 Å². The standard InChI is InChI=1S/C16H20ClN3O/c1-16(2,3)20-8-13-4-5-14(9-19-13)21-11-12-6-7-18-10-15(12)17/h4-7,9-10,20H,8,11H2,1-3H3. The Morgan fingerprint density at radius 2 is 2.00 bits per heavy atom. The maximum atomic E-state index is 6.03. The van der Waals surface area contributed by atoms with Crippen molar-refractivity contribution in [2.75, 3.05) is 0 Å². The summed E-state index contributed by atoms with van der Waals surface area (Å²) in [6, 6.07) is 5.72. The summed E-state index contributed by atoms with van der Waals surface area (Å²) in [5.41, 5.74) is 1.97. The number of ether oxygens (including phenoxy) is 1. The van der Waals surface area contributed by atoms with Gasteiger partial charge >= 0.3 is 0 Å². The van der Waals surface area contributed by atoms with Crippen molar-refractivity contribution in [2.24, 2.45) is 0 Å². The van der Waals surface area contributed by atoms with E-state index in [0.717, 1.165) is 23.6 Å². The lowest BCUT2D eigenvalue weighted by Crippen LogP contribution is -2.35. The Morgan fingerprint density at radius 1 is 1.19 bits per heavy atom. The number of rotatable bonds is 5. The molecule has 1 N–H and O–H groups in total. The number of hydrogen-bond donors (Lipinski definition) is 1. The molecule has 0 aliphatic rings. The number of hydrogen-bond acceptors (Lipinski definition) is 4. The molecule has 0 atom stereocenters. The third kappa shape index (κ3) is 5.33. The zero-order valence-corrected chi connectivity index (χ0v) is 13.3. The van der Waals surface area contributed by atoms with Gasteiger partial charge in [-0.15, -0.1) is 0 Å². The van der Waals surface area contributed by atoms with Gasteiger partial charge in [0.1, 0.15) is 12.4 Å². The summed E-state index contributed by atoms with van der Waals surface area (Å²) >= 11 is 6.03. The van der Waals surface area contributed by atoms with E-state index in [9.17, 15) is 0 Å². The van der Waals surface area contributed by atoms with E-state index in [1.165, 1.54) is 0 Å². The highest BCUT2D eigenvalue weighted by atomic mass is 35.5. The first-order valence-corrected chi connectivity index (χ1v) is 7.23. The Kier molecular flexibility index (Phi) is 5.15. The van der Waals surface area contributed by atoms with Crippen molar-refractivity contribution in [2.45, 2.75) is 39.5 Å². The quantitative estimate of drug-likeness (QED) is 0.917. The van der Waals surface area contributed by atoms with Crippen LogP contribution in [0, 0.1) is 0 Å². The minimum atomic E-state index is 0.0783. The second kappa shape index (κ2) is 6.87. The predicted molar refractivity (Wildman–Crippen MR) is 84.4 cm³/mol. The van der Waals surface area contributed by atoms with Gasteiger partial charge in [0, 0.05) is 30.0 Å². The van der Waals surface area contributed by atoms with Crippen molar-refractivity contribution in [3.63, 3.8) is 0 Å². The highest BCUT2D eigenvalue weighted by Crippen LogP contribution is 2.17. The zero-order valence-electron chi connectivity index (χ0n) is 12.6. The van der Waals surface area contributed by atoms with E-state index < -0.39 is 0 Å². The van der Waals surface area contributed by atoms with Gasteiger partial charge in [-0.25, -0.2) is 0 Å². The summed E-state index contributed by atoms with van der Waals surface area (Å²) < 4.78 is 5.68. The molecule has 21 heavy (non-hydrogen) atoms. The molecule has 2 heterocycles. The fourth-order valence-corrected chi connectivity index (χ4v) is 1.81. The van der Waals surface area contributed by atoms with Crippen LogP contribution < -0.4 is 10.1 Å². The molecule has 2 rings (SSSR count). The second-order valence-electron chi connectivity index (χ2n) is 5.84. The molecule has 4 nitrogen and oxygen atoms in total. The lowest BCUT2D eigenvalue weighted by Gasteiger charge is -2.20. The molecule has 112 valence electrons. The smallest absolute Gasteiger partial charge is 0.138 e. The van der Waals surface area contributed by atoms with Gasteiger partial charge in [-0.05, 0) is 39.0 Å². The molecule has 0 unspecified atom stereocenters. The van der Waals surface area contributed by atoms with E-state index >= 15 is 0 Å². The maximum Gasteiger partial charge on any atom is 0.138 e. The molecule has 0 spiro atoms. The Morgan fingerprint density at radius 3 is 2.62 bits per heavy atom. The van der Waals surface area contributed by atoms with Gasteiger partial charge in [0.05, 0.1) is 16.9 Å². The Balaban J connectivity index is 1.89. The number of pyridine rings is 2. The van der Waals surface area contributed by atoms with Crippen molar-refractivity contribution in [1.82, 2.24) is 15.3 Å². The van der Waals surface area contributed by atoms with Crippen LogP contribution in [0.15, 0.2) is 36.8 Å². The van der Waals surface area contributed by atoms with E-state index in [1.54, 1.807) is 18.6 Å². The molecular weight excluding hydrogens is 286 g/mol. The van der Waals surface area contributed by atoms with Crippen LogP contribution in [-0.2, 0) is 13.2 Å². The first-order chi connectivity index (χ1) is 9.94. The average molecular weight is 306 g/mol. The maximum absolute atomic E-state index is 6.03. The number of nitrogens with one attached hydrogen (secondary N) is 1. The van der Waals surface area contributed by atoms with Crippen LogP contribution in [0.2, 0.25) is 5.02 Å². The third-order valence-corrected chi connectivity index (χ3v) is 3.19. The van der Waals surface area contributed by atoms with Gasteiger partial charge in [-0.1, -0.05) is 11.6 Å². The lowest BCUT2D eigenvalue weighted by atomic mass is 10.1. The van der Waals surface area contributed by atoms with E-state index in [-0.39, 0.29) is 5.54 Å². The van der Waals surface area contributed by atoms with Crippen molar-refractivity contribution in [3.05, 3.63) is 53.1 Å². The molecule has 0 saturated heterocycles. The van der Waals surface area contributed by atoms with E-state index in [2.05, 4.69) is 36.1 Å². The fourth-order valence-electron chi connectivity index (χ4n) is 1.64. The van der Waals surface area contributed by atoms with Gasteiger partial charge in [0.15, 0.2) is 0 Å². The second-order valence-corrected chi connectivity index (χ2v) is 6.25. The average Bonchev–Trinajstić information content (AvgIpc) is 2.45. The molecule has 0 saturated carbocycles. The highest BCUT2D eigenvalue weighted by molar-refractivity contribution is 6.31. The zero-order chi connectivity index (χ0) is 15.3. The van der Waals surface area contributed by atoms with Crippen LogP contribution in [0.25, 0.3) is 0 Å². The van der Waals surface area contributed by atoms with Gasteiger partial charge in [0.25, 0.3) is 0 Å². The molecule has 0 aromatic carbocycles. The Labute approximate surface area is 130 Å². The van der Waals surface area contributed by atoms with Gasteiger partial charge in [0.2, 0.25) is 0 Å². The molecule has 2 aromatic rings. The minimum absolute atomic E-state index is 0.0783. The largest absolute Gasteiger partial charge is 0.487 e. The van der Waals surface area contributed by atoms with Crippen molar-refractivity contribution >= 4 is 11.6 Å². The molecule has 0 bridgehead atoms. The normalized spacial score (nSPS) is 11.4. The van der Waals surface area contributed by atoms with Crippen LogP contribution in [0.5, 0.6) is 5.75 Å². The van der Waals surface area contributed by atoms with Gasteiger partial charge in [-0.2, -0.15) is 0 Å². The molecule has 0 radical (unpaired) electrons. The summed E-state index contributed by atoms with van der Waals surface area (Å²) in [5.74, 6) is 0.724. The van der Waals surface area contributed by atoms with Crippen molar-refractivity contribution in [3.8, 4) is 5.75 Å². The van der Waals surface area contributed by atoms with E-state index in [1.807, 2.05) is 18.2 Å². The SMILES string of the molecule is CC(C)(C)NCc1ccc(OCc2ccncc2Cl)cn1. The summed E-state index contributed by atoms with van der Waals surface area (Å²) in [4.78, 5) is 8.33. The molecule has 0 aliphatic carbocycles. The molecule has 2 aromatic heterocycles. The summed E-state index contributed by atoms with van der Waals surface area (Å²) in [6.07, 6.45) is 5.04. The monoisotopic (exact) mass is 305 g/mol. The number of nitrogens with zero attached hydrogens (tertiary/aromatic N) is 2. The first kappa shape index (κ1) is 15.7. The Hall–Kier alpha value is -1.65. The third-order valence-electron chi connectivity index (χ3n) is 2.85. The van der Waals surface area contributed by atoms with Gasteiger partial charge in [-0.3, -0.25) is 9.97 Å². The molecule has 5 heteroatoms. The van der Waals surface area contributed by atoms with Crippen LogP contribution in [-0.4, -0.2) is 15.5 Å². The van der Waals surface area contributed by atoms with Crippen LogP contribution >= 0.6 is 11.6 Å². The summed E-state index contributed by atoms with van der Waals surface area (Å²) in [6.45, 7) is 7.53. The predicted octanol–water partition coefficient (Wildman–Crippen LogP) is 3.60. The molecule has 0 fully saturated rings. The summed E-state index contributed by atoms with van der Waals surface area (Å²) in [7, 11) is 0. The fraction of sp³-hybridized carbons (Fsp3) is 0.375. The van der Waals surface area contributed by atoms with Crippen LogP contribution in [0.4, 0.5) is 0 Å². The Bertz CT molecular complexity index is 579. The van der Waals surface area contributed by atoms with E-state index in [0.29, 0.717) is 11.6 Å². The number of halogens is 1. The van der Waals surface area contributed by atoms with Gasteiger partial charge < -0.3 is 10.1 Å². The summed E-state index contributed by atoms with van der Waals surface area (Å²) in [5, 5.41) is 4.00. The highest BCUT2D eigenvalue weighted by Gasteiger charge is 2.09. The van der Waals surface area contributed by atoms with Crippen LogP contribution in [0.3, 0.4) is 0 Å². The molecular formula is C16H20ClN3O. The first-order valence-electron chi connectivity index (χ1n) is 6.85. The number of aromatic nitrogens is 2. The van der Waals surface area contributed by atoms with Crippen molar-refractivity contribution in [1.29, 1.82) is 0 Å². The van der Waals surface area contributed by atoms with Crippen molar-refractivity contribution < 1.29 is 4.74 Å². The lowest BCUT2D eigenvalue weighted by molar-refractivity contribution is 0.304. The van der Waals surface area contributed by atoms with E-state index in [4.69, 9.17) is 16.3 Å². The van der Waals surface area contributed by atoms with Crippen LogP contribution in [0.1, 0.15) is 32.0 Å². The molecule has 0 aliphatic heterocycles. The minimum Gasteiger partial charge on any atom is -0.487 e. The molecule has 0 amide bonds.